The van der Waals surface area contributed by atoms with Crippen molar-refractivity contribution in [3.8, 4) is 12.3 Å². The molecule has 13 heavy (non-hydrogen) atoms. The van der Waals surface area contributed by atoms with Crippen molar-refractivity contribution in [3.63, 3.8) is 0 Å². The van der Waals surface area contributed by atoms with Crippen LogP contribution in [0.4, 0.5) is 0 Å². The highest BCUT2D eigenvalue weighted by atomic mass is 15.1. The van der Waals surface area contributed by atoms with Crippen molar-refractivity contribution in [3.05, 3.63) is 0 Å². The topological polar surface area (TPSA) is 50.4 Å². The van der Waals surface area contributed by atoms with Crippen LogP contribution >= 0.6 is 0 Å². The van der Waals surface area contributed by atoms with Gasteiger partial charge in [0.1, 0.15) is 0 Å². The van der Waals surface area contributed by atoms with Crippen molar-refractivity contribution in [2.45, 2.75) is 26.7 Å². The number of nitrogens with one attached hydrogen (secondary N) is 1. The van der Waals surface area contributed by atoms with Gasteiger partial charge in [0.2, 0.25) is 0 Å². The summed E-state index contributed by atoms with van der Waals surface area (Å²) in [5, 5.41) is 3.00. The van der Waals surface area contributed by atoms with Gasteiger partial charge in [0.15, 0.2) is 5.96 Å². The molecule has 0 aliphatic rings. The third-order valence-corrected chi connectivity index (χ3v) is 1.43. The fourth-order valence-corrected chi connectivity index (χ4v) is 0.744. The summed E-state index contributed by atoms with van der Waals surface area (Å²) >= 11 is 0. The highest BCUT2D eigenvalue weighted by molar-refractivity contribution is 5.77. The van der Waals surface area contributed by atoms with E-state index in [1.165, 1.54) is 0 Å². The number of unbranched alkanes of at least 4 members (excludes halogenated alkanes) is 1. The van der Waals surface area contributed by atoms with Gasteiger partial charge in [0, 0.05) is 19.5 Å². The molecular formula is C10H19N3. The van der Waals surface area contributed by atoms with Crippen molar-refractivity contribution in [1.82, 2.24) is 5.32 Å². The Kier molecular flexibility index (Phi) is 6.80. The highest BCUT2D eigenvalue weighted by Gasteiger charge is 1.92. The summed E-state index contributed by atoms with van der Waals surface area (Å²) in [4.78, 5) is 4.15. The number of nitrogens with two attached hydrogens (primary N) is 1. The minimum absolute atomic E-state index is 0.519. The molecule has 0 aliphatic heterocycles. The van der Waals surface area contributed by atoms with Crippen molar-refractivity contribution in [2.75, 3.05) is 13.1 Å². The molecule has 0 spiro atoms. The first kappa shape index (κ1) is 11.8. The maximum atomic E-state index is 5.59. The van der Waals surface area contributed by atoms with Crippen LogP contribution in [0.25, 0.3) is 0 Å². The van der Waals surface area contributed by atoms with Crippen LogP contribution in [0.1, 0.15) is 26.7 Å². The van der Waals surface area contributed by atoms with Crippen LogP contribution < -0.4 is 11.1 Å². The summed E-state index contributed by atoms with van der Waals surface area (Å²) in [5.74, 6) is 3.64. The number of terminal acetylenes is 1. The number of aliphatic imine (C=N–C) groups is 1. The molecule has 3 nitrogen and oxygen atoms in total. The lowest BCUT2D eigenvalue weighted by Crippen LogP contribution is -2.32. The summed E-state index contributed by atoms with van der Waals surface area (Å²) in [6.45, 7) is 5.79. The average molecular weight is 181 g/mol. The Hall–Kier alpha value is -1.17. The smallest absolute Gasteiger partial charge is 0.188 e. The third kappa shape index (κ3) is 8.74. The number of hydrogen-bond acceptors (Lipinski definition) is 1. The molecule has 0 aromatic rings. The molecule has 3 heteroatoms. The van der Waals surface area contributed by atoms with E-state index in [2.05, 4.69) is 30.1 Å². The van der Waals surface area contributed by atoms with E-state index in [1.54, 1.807) is 0 Å². The molecule has 0 heterocycles. The Morgan fingerprint density at radius 1 is 1.62 bits per heavy atom. The van der Waals surface area contributed by atoms with Crippen LogP contribution in [0.15, 0.2) is 4.99 Å². The first-order valence-corrected chi connectivity index (χ1v) is 4.64. The zero-order chi connectivity index (χ0) is 10.1. The zero-order valence-corrected chi connectivity index (χ0v) is 8.51. The number of guanidine groups is 1. The van der Waals surface area contributed by atoms with Gasteiger partial charge in [-0.1, -0.05) is 13.8 Å². The Balaban J connectivity index is 3.45. The molecule has 0 unspecified atom stereocenters. The molecule has 0 saturated heterocycles. The van der Waals surface area contributed by atoms with Crippen molar-refractivity contribution in [1.29, 1.82) is 0 Å². The second kappa shape index (κ2) is 7.48. The van der Waals surface area contributed by atoms with Crippen LogP contribution in [0.3, 0.4) is 0 Å². The number of nitrogens with zero attached hydrogens (tertiary/aromatic N) is 1. The lowest BCUT2D eigenvalue weighted by atomic mass is 10.2. The van der Waals surface area contributed by atoms with Gasteiger partial charge >= 0.3 is 0 Å². The van der Waals surface area contributed by atoms with Crippen LogP contribution in [0.2, 0.25) is 0 Å². The molecule has 3 N–H and O–H groups in total. The predicted octanol–water partition coefficient (Wildman–Crippen LogP) is 0.960. The molecule has 0 rings (SSSR count). The standard InChI is InChI=1S/C10H19N3/c1-4-5-6-7-12-10(11)13-8-9(2)3/h1,9H,5-8H2,2-3H3,(H3,11,12,13). The molecule has 0 aromatic heterocycles. The number of hydrogen-bond donors (Lipinski definition) is 2. The molecule has 0 radical (unpaired) electrons. The van der Waals surface area contributed by atoms with E-state index < -0.39 is 0 Å². The summed E-state index contributed by atoms with van der Waals surface area (Å²) in [6, 6.07) is 0. The molecule has 0 amide bonds. The van der Waals surface area contributed by atoms with Gasteiger partial charge in [-0.3, -0.25) is 4.99 Å². The largest absolute Gasteiger partial charge is 0.370 e. The molecule has 0 aromatic carbocycles. The Morgan fingerprint density at radius 3 is 2.85 bits per heavy atom. The highest BCUT2D eigenvalue weighted by Crippen LogP contribution is 1.90. The van der Waals surface area contributed by atoms with E-state index in [9.17, 15) is 0 Å². The van der Waals surface area contributed by atoms with E-state index in [0.717, 1.165) is 25.9 Å². The SMILES string of the molecule is C#CCCCNC(N)=NCC(C)C. The Morgan fingerprint density at radius 2 is 2.31 bits per heavy atom. The van der Waals surface area contributed by atoms with Gasteiger partial charge in [-0.05, 0) is 12.3 Å². The van der Waals surface area contributed by atoms with Crippen LogP contribution in [-0.2, 0) is 0 Å². The van der Waals surface area contributed by atoms with Gasteiger partial charge < -0.3 is 11.1 Å². The average Bonchev–Trinajstić information content (AvgIpc) is 2.09. The van der Waals surface area contributed by atoms with Crippen LogP contribution in [0.5, 0.6) is 0 Å². The molecule has 0 bridgehead atoms. The van der Waals surface area contributed by atoms with Crippen molar-refractivity contribution >= 4 is 5.96 Å². The summed E-state index contributed by atoms with van der Waals surface area (Å²) < 4.78 is 0. The molecular weight excluding hydrogens is 162 g/mol. The Labute approximate surface area is 80.8 Å². The maximum absolute atomic E-state index is 5.59. The molecule has 0 saturated carbocycles. The summed E-state index contributed by atoms with van der Waals surface area (Å²) in [6.07, 6.45) is 6.83. The second-order valence-electron chi connectivity index (χ2n) is 3.35. The van der Waals surface area contributed by atoms with Gasteiger partial charge in [0.05, 0.1) is 0 Å². The Bertz CT molecular complexity index is 189. The first-order valence-electron chi connectivity index (χ1n) is 4.64. The third-order valence-electron chi connectivity index (χ3n) is 1.43. The van der Waals surface area contributed by atoms with Gasteiger partial charge in [-0.15, -0.1) is 12.3 Å². The monoisotopic (exact) mass is 181 g/mol. The van der Waals surface area contributed by atoms with E-state index in [0.29, 0.717) is 11.9 Å². The lowest BCUT2D eigenvalue weighted by Gasteiger charge is -2.04. The van der Waals surface area contributed by atoms with E-state index in [1.807, 2.05) is 0 Å². The van der Waals surface area contributed by atoms with Crippen molar-refractivity contribution in [2.24, 2.45) is 16.6 Å². The minimum atomic E-state index is 0.519. The van der Waals surface area contributed by atoms with E-state index in [4.69, 9.17) is 12.2 Å². The quantitative estimate of drug-likeness (QED) is 0.287. The molecule has 0 fully saturated rings. The minimum Gasteiger partial charge on any atom is -0.370 e. The molecule has 0 aliphatic carbocycles. The molecule has 0 atom stereocenters. The van der Waals surface area contributed by atoms with Gasteiger partial charge in [-0.25, -0.2) is 0 Å². The summed E-state index contributed by atoms with van der Waals surface area (Å²) in [7, 11) is 0. The first-order chi connectivity index (χ1) is 6.16. The predicted molar refractivity (Wildman–Crippen MR) is 57.4 cm³/mol. The number of rotatable bonds is 5. The van der Waals surface area contributed by atoms with Gasteiger partial charge in [0.25, 0.3) is 0 Å². The van der Waals surface area contributed by atoms with Crippen LogP contribution in [-0.4, -0.2) is 19.0 Å². The fraction of sp³-hybridized carbons (Fsp3) is 0.700. The zero-order valence-electron chi connectivity index (χ0n) is 8.51. The van der Waals surface area contributed by atoms with Crippen LogP contribution in [0, 0.1) is 18.3 Å². The van der Waals surface area contributed by atoms with E-state index >= 15 is 0 Å². The maximum Gasteiger partial charge on any atom is 0.188 e. The fourth-order valence-electron chi connectivity index (χ4n) is 0.744. The lowest BCUT2D eigenvalue weighted by molar-refractivity contribution is 0.660. The normalized spacial score (nSPS) is 11.4. The van der Waals surface area contributed by atoms with Gasteiger partial charge in [-0.2, -0.15) is 0 Å². The second-order valence-corrected chi connectivity index (χ2v) is 3.35. The summed E-state index contributed by atoms with van der Waals surface area (Å²) in [5.41, 5.74) is 5.59. The van der Waals surface area contributed by atoms with E-state index in [-0.39, 0.29) is 0 Å². The van der Waals surface area contributed by atoms with Crippen molar-refractivity contribution < 1.29 is 0 Å². The molecule has 74 valence electrons.